The standard InChI is InChI=1S/C18H23NO3S/c1-4-22-17-10-12-18(13-11-17)23(20,21)19(15(2)3)14-16-8-6-5-7-9-16/h5-13,15H,4,14H2,1-3H3. The summed E-state index contributed by atoms with van der Waals surface area (Å²) >= 11 is 0. The number of sulfonamides is 1. The minimum atomic E-state index is -3.55. The summed E-state index contributed by atoms with van der Waals surface area (Å²) in [5.74, 6) is 0.672. The van der Waals surface area contributed by atoms with Crippen molar-refractivity contribution in [2.24, 2.45) is 0 Å². The molecule has 0 N–H and O–H groups in total. The third kappa shape index (κ3) is 4.33. The van der Waals surface area contributed by atoms with Crippen LogP contribution in [0.2, 0.25) is 0 Å². The Morgan fingerprint density at radius 2 is 1.61 bits per heavy atom. The van der Waals surface area contributed by atoms with Crippen LogP contribution >= 0.6 is 0 Å². The highest BCUT2D eigenvalue weighted by Crippen LogP contribution is 2.23. The lowest BCUT2D eigenvalue weighted by atomic mass is 10.2. The molecule has 0 radical (unpaired) electrons. The normalized spacial score (nSPS) is 11.9. The summed E-state index contributed by atoms with van der Waals surface area (Å²) in [7, 11) is -3.55. The Kier molecular flexibility index (Phi) is 5.80. The van der Waals surface area contributed by atoms with Crippen LogP contribution in [0.1, 0.15) is 26.3 Å². The first kappa shape index (κ1) is 17.5. The van der Waals surface area contributed by atoms with Gasteiger partial charge in [0.15, 0.2) is 0 Å². The van der Waals surface area contributed by atoms with Crippen molar-refractivity contribution >= 4 is 10.0 Å². The second-order valence-electron chi connectivity index (χ2n) is 5.53. The molecule has 0 spiro atoms. The van der Waals surface area contributed by atoms with Gasteiger partial charge in [-0.3, -0.25) is 0 Å². The fourth-order valence-corrected chi connectivity index (χ4v) is 3.94. The Morgan fingerprint density at radius 3 is 2.13 bits per heavy atom. The average molecular weight is 333 g/mol. The number of ether oxygens (including phenoxy) is 1. The van der Waals surface area contributed by atoms with Crippen LogP contribution in [0.25, 0.3) is 0 Å². The molecule has 0 atom stereocenters. The maximum atomic E-state index is 12.9. The Bertz CT molecular complexity index is 710. The Balaban J connectivity index is 2.29. The zero-order valence-electron chi connectivity index (χ0n) is 13.8. The summed E-state index contributed by atoms with van der Waals surface area (Å²) in [6, 6.07) is 16.1. The molecule has 0 aliphatic carbocycles. The molecule has 0 bridgehead atoms. The first-order valence-corrected chi connectivity index (χ1v) is 9.17. The van der Waals surface area contributed by atoms with Crippen LogP contribution in [-0.2, 0) is 16.6 Å². The van der Waals surface area contributed by atoms with Crippen molar-refractivity contribution in [2.75, 3.05) is 6.61 Å². The third-order valence-corrected chi connectivity index (χ3v) is 5.53. The van der Waals surface area contributed by atoms with Crippen LogP contribution in [0.3, 0.4) is 0 Å². The summed E-state index contributed by atoms with van der Waals surface area (Å²) in [5.41, 5.74) is 0.968. The SMILES string of the molecule is CCOc1ccc(S(=O)(=O)N(Cc2ccccc2)C(C)C)cc1. The van der Waals surface area contributed by atoms with E-state index in [9.17, 15) is 8.42 Å². The molecule has 2 rings (SSSR count). The topological polar surface area (TPSA) is 46.6 Å². The van der Waals surface area contributed by atoms with Gasteiger partial charge in [0.1, 0.15) is 5.75 Å². The first-order valence-electron chi connectivity index (χ1n) is 7.73. The van der Waals surface area contributed by atoms with Gasteiger partial charge >= 0.3 is 0 Å². The van der Waals surface area contributed by atoms with Gasteiger partial charge in [-0.2, -0.15) is 4.31 Å². The lowest BCUT2D eigenvalue weighted by Crippen LogP contribution is -2.36. The predicted octanol–water partition coefficient (Wildman–Crippen LogP) is 3.68. The van der Waals surface area contributed by atoms with E-state index in [1.54, 1.807) is 24.3 Å². The monoisotopic (exact) mass is 333 g/mol. The lowest BCUT2D eigenvalue weighted by molar-refractivity contribution is 0.339. The smallest absolute Gasteiger partial charge is 0.243 e. The molecule has 4 nitrogen and oxygen atoms in total. The molecule has 0 saturated carbocycles. The number of benzene rings is 2. The van der Waals surface area contributed by atoms with Crippen molar-refractivity contribution in [1.82, 2.24) is 4.31 Å². The van der Waals surface area contributed by atoms with E-state index in [4.69, 9.17) is 4.74 Å². The van der Waals surface area contributed by atoms with Crippen molar-refractivity contribution in [2.45, 2.75) is 38.3 Å². The van der Waals surface area contributed by atoms with Gasteiger partial charge < -0.3 is 4.74 Å². The van der Waals surface area contributed by atoms with E-state index >= 15 is 0 Å². The van der Waals surface area contributed by atoms with Gasteiger partial charge in [0.05, 0.1) is 11.5 Å². The van der Waals surface area contributed by atoms with Crippen molar-refractivity contribution in [1.29, 1.82) is 0 Å². The van der Waals surface area contributed by atoms with Crippen LogP contribution in [0.4, 0.5) is 0 Å². The third-order valence-electron chi connectivity index (χ3n) is 3.50. The molecule has 0 aromatic heterocycles. The molecule has 0 aliphatic rings. The Hall–Kier alpha value is -1.85. The highest BCUT2D eigenvalue weighted by Gasteiger charge is 2.27. The Morgan fingerprint density at radius 1 is 1.00 bits per heavy atom. The average Bonchev–Trinajstić information content (AvgIpc) is 2.54. The van der Waals surface area contributed by atoms with Gasteiger partial charge in [0.25, 0.3) is 0 Å². The van der Waals surface area contributed by atoms with Crippen molar-refractivity contribution in [3.05, 3.63) is 60.2 Å². The van der Waals surface area contributed by atoms with E-state index in [1.807, 2.05) is 51.1 Å². The molecule has 0 amide bonds. The van der Waals surface area contributed by atoms with Crippen molar-refractivity contribution in [3.63, 3.8) is 0 Å². The van der Waals surface area contributed by atoms with Crippen LogP contribution in [-0.4, -0.2) is 25.4 Å². The highest BCUT2D eigenvalue weighted by atomic mass is 32.2. The Labute approximate surface area is 138 Å². The highest BCUT2D eigenvalue weighted by molar-refractivity contribution is 7.89. The summed E-state index contributed by atoms with van der Waals surface area (Å²) < 4.78 is 32.7. The van der Waals surface area contributed by atoms with E-state index in [0.29, 0.717) is 18.9 Å². The van der Waals surface area contributed by atoms with Gasteiger partial charge in [0.2, 0.25) is 10.0 Å². The number of nitrogens with zero attached hydrogens (tertiary/aromatic N) is 1. The molecule has 23 heavy (non-hydrogen) atoms. The van der Waals surface area contributed by atoms with Crippen LogP contribution in [0.15, 0.2) is 59.5 Å². The molecule has 124 valence electrons. The van der Waals surface area contributed by atoms with Gasteiger partial charge in [-0.05, 0) is 50.6 Å². The first-order chi connectivity index (χ1) is 10.9. The summed E-state index contributed by atoms with van der Waals surface area (Å²) in [4.78, 5) is 0.283. The molecule has 2 aromatic carbocycles. The maximum Gasteiger partial charge on any atom is 0.243 e. The number of hydrogen-bond acceptors (Lipinski definition) is 3. The molecule has 2 aromatic rings. The van der Waals surface area contributed by atoms with Crippen LogP contribution < -0.4 is 4.74 Å². The maximum absolute atomic E-state index is 12.9. The van der Waals surface area contributed by atoms with Gasteiger partial charge in [0, 0.05) is 12.6 Å². The van der Waals surface area contributed by atoms with Gasteiger partial charge in [-0.15, -0.1) is 0 Å². The fraction of sp³-hybridized carbons (Fsp3) is 0.333. The summed E-state index contributed by atoms with van der Waals surface area (Å²) in [5, 5.41) is 0. The lowest BCUT2D eigenvalue weighted by Gasteiger charge is -2.26. The molecule has 0 saturated heterocycles. The predicted molar refractivity (Wildman–Crippen MR) is 91.9 cm³/mol. The quantitative estimate of drug-likeness (QED) is 0.776. The van der Waals surface area contributed by atoms with E-state index in [-0.39, 0.29) is 10.9 Å². The van der Waals surface area contributed by atoms with E-state index in [2.05, 4.69) is 0 Å². The summed E-state index contributed by atoms with van der Waals surface area (Å²) in [6.45, 7) is 6.57. The van der Waals surface area contributed by atoms with E-state index in [1.165, 1.54) is 4.31 Å². The molecular formula is C18H23NO3S. The van der Waals surface area contributed by atoms with Gasteiger partial charge in [-0.1, -0.05) is 30.3 Å². The van der Waals surface area contributed by atoms with Crippen molar-refractivity contribution in [3.8, 4) is 5.75 Å². The van der Waals surface area contributed by atoms with E-state index in [0.717, 1.165) is 5.56 Å². The molecule has 0 fully saturated rings. The largest absolute Gasteiger partial charge is 0.494 e. The van der Waals surface area contributed by atoms with Gasteiger partial charge in [-0.25, -0.2) is 8.42 Å². The van der Waals surface area contributed by atoms with E-state index < -0.39 is 10.0 Å². The zero-order chi connectivity index (χ0) is 16.9. The second kappa shape index (κ2) is 7.62. The minimum absolute atomic E-state index is 0.133. The number of rotatable bonds is 7. The van der Waals surface area contributed by atoms with Crippen LogP contribution in [0.5, 0.6) is 5.75 Å². The molecule has 0 heterocycles. The van der Waals surface area contributed by atoms with Crippen molar-refractivity contribution < 1.29 is 13.2 Å². The molecular weight excluding hydrogens is 310 g/mol. The summed E-state index contributed by atoms with van der Waals surface area (Å²) in [6.07, 6.45) is 0. The fourth-order valence-electron chi connectivity index (χ4n) is 2.32. The van der Waals surface area contributed by atoms with Crippen LogP contribution in [0, 0.1) is 0 Å². The molecule has 0 unspecified atom stereocenters. The molecule has 5 heteroatoms. The number of hydrogen-bond donors (Lipinski definition) is 0. The zero-order valence-corrected chi connectivity index (χ0v) is 14.6. The molecule has 0 aliphatic heterocycles. The minimum Gasteiger partial charge on any atom is -0.494 e. The second-order valence-corrected chi connectivity index (χ2v) is 7.42.